The van der Waals surface area contributed by atoms with Crippen molar-refractivity contribution >= 4 is 39.8 Å². The van der Waals surface area contributed by atoms with Crippen molar-refractivity contribution in [2.45, 2.75) is 38.9 Å². The molecule has 0 spiro atoms. The van der Waals surface area contributed by atoms with Gasteiger partial charge in [-0.2, -0.15) is 0 Å². The average Bonchev–Trinajstić information content (AvgIpc) is 3.65. The number of carbonyl (C=O) groups is 1. The van der Waals surface area contributed by atoms with Crippen LogP contribution in [0.2, 0.25) is 0 Å². The summed E-state index contributed by atoms with van der Waals surface area (Å²) in [5.41, 5.74) is 3.74. The van der Waals surface area contributed by atoms with Crippen LogP contribution in [0.3, 0.4) is 0 Å². The Balaban J connectivity index is 1.13. The molecule has 1 saturated carbocycles. The maximum Gasteiger partial charge on any atom is 0.255 e. The van der Waals surface area contributed by atoms with Gasteiger partial charge >= 0.3 is 0 Å². The Morgan fingerprint density at radius 1 is 1.00 bits per heavy atom. The Morgan fingerprint density at radius 3 is 2.74 bits per heavy atom. The zero-order valence-electron chi connectivity index (χ0n) is 21.4. The van der Waals surface area contributed by atoms with Gasteiger partial charge in [0.15, 0.2) is 0 Å². The standard InChI is InChI=1S/C30H27FN6OS/c1-18-4-5-19(13-25(18)31)15-34-30(38)23-3-2-12-32-28(23)33-16-22-9-11-27(39-22)20-6-10-26-24(14-20)29(36-17-35-26)37-21-7-8-21/h2-6,9-14,17,21H,7-8,15-16H2,1H3,(H,32,33)(H,34,38)(H,35,36,37). The minimum absolute atomic E-state index is 0.230. The van der Waals surface area contributed by atoms with Crippen molar-refractivity contribution in [2.24, 2.45) is 0 Å². The minimum atomic E-state index is -0.284. The lowest BCUT2D eigenvalue weighted by Crippen LogP contribution is -2.24. The van der Waals surface area contributed by atoms with Gasteiger partial charge in [0, 0.05) is 33.9 Å². The van der Waals surface area contributed by atoms with E-state index >= 15 is 0 Å². The number of fused-ring (bicyclic) bond motifs is 1. The lowest BCUT2D eigenvalue weighted by atomic mass is 10.1. The van der Waals surface area contributed by atoms with E-state index in [1.165, 1.54) is 18.9 Å². The summed E-state index contributed by atoms with van der Waals surface area (Å²) in [5, 5.41) is 10.7. The number of anilines is 2. The molecule has 3 heterocycles. The Hall–Kier alpha value is -4.37. The molecular weight excluding hydrogens is 511 g/mol. The van der Waals surface area contributed by atoms with E-state index in [-0.39, 0.29) is 18.3 Å². The van der Waals surface area contributed by atoms with Gasteiger partial charge in [-0.25, -0.2) is 19.3 Å². The highest BCUT2D eigenvalue weighted by Gasteiger charge is 2.22. The van der Waals surface area contributed by atoms with Gasteiger partial charge in [0.2, 0.25) is 0 Å². The summed E-state index contributed by atoms with van der Waals surface area (Å²) in [7, 11) is 0. The van der Waals surface area contributed by atoms with Crippen molar-refractivity contribution in [1.82, 2.24) is 20.3 Å². The molecule has 196 valence electrons. The fourth-order valence-electron chi connectivity index (χ4n) is 4.30. The molecule has 1 aliphatic rings. The van der Waals surface area contributed by atoms with Crippen molar-refractivity contribution in [1.29, 1.82) is 0 Å². The van der Waals surface area contributed by atoms with Crippen LogP contribution in [0.5, 0.6) is 0 Å². The molecule has 1 amide bonds. The summed E-state index contributed by atoms with van der Waals surface area (Å²) >= 11 is 1.68. The number of nitrogens with zero attached hydrogens (tertiary/aromatic N) is 3. The van der Waals surface area contributed by atoms with Crippen LogP contribution in [-0.2, 0) is 13.1 Å². The zero-order chi connectivity index (χ0) is 26.8. The van der Waals surface area contributed by atoms with Crippen molar-refractivity contribution in [3.8, 4) is 10.4 Å². The van der Waals surface area contributed by atoms with Crippen LogP contribution in [0.15, 0.2) is 73.2 Å². The fourth-order valence-corrected chi connectivity index (χ4v) is 5.24. The first-order chi connectivity index (χ1) is 19.0. The number of thiophene rings is 1. The van der Waals surface area contributed by atoms with Crippen LogP contribution < -0.4 is 16.0 Å². The number of aryl methyl sites for hydroxylation is 1. The normalized spacial score (nSPS) is 12.9. The second-order valence-corrected chi connectivity index (χ2v) is 10.8. The lowest BCUT2D eigenvalue weighted by Gasteiger charge is -2.11. The molecule has 0 unspecified atom stereocenters. The monoisotopic (exact) mass is 538 g/mol. The second-order valence-electron chi connectivity index (χ2n) is 9.66. The van der Waals surface area contributed by atoms with E-state index in [2.05, 4.69) is 55.2 Å². The Labute approximate surface area is 229 Å². The molecule has 9 heteroatoms. The molecule has 6 rings (SSSR count). The summed E-state index contributed by atoms with van der Waals surface area (Å²) in [6.07, 6.45) is 5.62. The van der Waals surface area contributed by atoms with Gasteiger partial charge in [-0.1, -0.05) is 18.2 Å². The smallest absolute Gasteiger partial charge is 0.255 e. The van der Waals surface area contributed by atoms with Crippen LogP contribution in [0.25, 0.3) is 21.3 Å². The quantitative estimate of drug-likeness (QED) is 0.204. The number of halogens is 1. The number of amides is 1. The van der Waals surface area contributed by atoms with E-state index in [1.807, 2.05) is 12.1 Å². The maximum absolute atomic E-state index is 13.9. The van der Waals surface area contributed by atoms with Crippen molar-refractivity contribution in [2.75, 3.05) is 10.6 Å². The fraction of sp³-hybridized carbons (Fsp3) is 0.200. The van der Waals surface area contributed by atoms with Crippen LogP contribution in [0, 0.1) is 12.7 Å². The Bertz CT molecular complexity index is 1660. The SMILES string of the molecule is Cc1ccc(CNC(=O)c2cccnc2NCc2ccc(-c3ccc4ncnc(NC5CC5)c4c3)s2)cc1F. The highest BCUT2D eigenvalue weighted by molar-refractivity contribution is 7.15. The number of carbonyl (C=O) groups excluding carboxylic acids is 1. The van der Waals surface area contributed by atoms with E-state index in [9.17, 15) is 9.18 Å². The second kappa shape index (κ2) is 10.8. The molecule has 3 N–H and O–H groups in total. The molecule has 1 aliphatic carbocycles. The third-order valence-electron chi connectivity index (χ3n) is 6.67. The van der Waals surface area contributed by atoms with Gasteiger partial charge < -0.3 is 16.0 Å². The number of aromatic nitrogens is 3. The molecule has 0 radical (unpaired) electrons. The summed E-state index contributed by atoms with van der Waals surface area (Å²) in [6.45, 7) is 2.46. The predicted molar refractivity (Wildman–Crippen MR) is 153 cm³/mol. The van der Waals surface area contributed by atoms with E-state index in [0.29, 0.717) is 35.1 Å². The highest BCUT2D eigenvalue weighted by Crippen LogP contribution is 2.33. The zero-order valence-corrected chi connectivity index (χ0v) is 22.2. The van der Waals surface area contributed by atoms with Crippen LogP contribution >= 0.6 is 11.3 Å². The van der Waals surface area contributed by atoms with E-state index in [1.54, 1.807) is 49.0 Å². The molecule has 5 aromatic rings. The molecule has 39 heavy (non-hydrogen) atoms. The van der Waals surface area contributed by atoms with E-state index < -0.39 is 0 Å². The van der Waals surface area contributed by atoms with Crippen molar-refractivity contribution in [3.05, 3.63) is 101 Å². The van der Waals surface area contributed by atoms with Crippen LogP contribution in [0.1, 0.15) is 39.2 Å². The summed E-state index contributed by atoms with van der Waals surface area (Å²) < 4.78 is 13.9. The number of hydrogen-bond donors (Lipinski definition) is 3. The number of hydrogen-bond acceptors (Lipinski definition) is 7. The summed E-state index contributed by atoms with van der Waals surface area (Å²) in [4.78, 5) is 28.4. The average molecular weight is 539 g/mol. The molecule has 3 aromatic heterocycles. The van der Waals surface area contributed by atoms with E-state index in [4.69, 9.17) is 0 Å². The molecule has 2 aromatic carbocycles. The number of pyridine rings is 1. The number of benzene rings is 2. The van der Waals surface area contributed by atoms with Crippen molar-refractivity contribution < 1.29 is 9.18 Å². The van der Waals surface area contributed by atoms with Gasteiger partial charge in [0.25, 0.3) is 5.91 Å². The summed E-state index contributed by atoms with van der Waals surface area (Å²) in [5.74, 6) is 0.829. The lowest BCUT2D eigenvalue weighted by molar-refractivity contribution is 0.0951. The Morgan fingerprint density at radius 2 is 1.90 bits per heavy atom. The first-order valence-corrected chi connectivity index (χ1v) is 13.7. The molecule has 0 saturated heterocycles. The van der Waals surface area contributed by atoms with Gasteiger partial charge in [-0.05, 0) is 78.9 Å². The molecular formula is C30H27FN6OS. The third-order valence-corrected chi connectivity index (χ3v) is 7.81. The third kappa shape index (κ3) is 5.73. The van der Waals surface area contributed by atoms with E-state index in [0.717, 1.165) is 32.0 Å². The number of rotatable bonds is 9. The van der Waals surface area contributed by atoms with Gasteiger partial charge in [-0.15, -0.1) is 11.3 Å². The molecule has 7 nitrogen and oxygen atoms in total. The predicted octanol–water partition coefficient (Wildman–Crippen LogP) is 6.32. The summed E-state index contributed by atoms with van der Waals surface area (Å²) in [6, 6.07) is 19.4. The first-order valence-electron chi connectivity index (χ1n) is 12.9. The molecule has 0 aliphatic heterocycles. The topological polar surface area (TPSA) is 91.8 Å². The first kappa shape index (κ1) is 24.9. The number of nitrogens with one attached hydrogen (secondary N) is 3. The molecule has 0 atom stereocenters. The van der Waals surface area contributed by atoms with Gasteiger partial charge in [0.1, 0.15) is 23.8 Å². The van der Waals surface area contributed by atoms with Crippen molar-refractivity contribution in [3.63, 3.8) is 0 Å². The largest absolute Gasteiger partial charge is 0.367 e. The van der Waals surface area contributed by atoms with Gasteiger partial charge in [-0.3, -0.25) is 4.79 Å². The minimum Gasteiger partial charge on any atom is -0.367 e. The van der Waals surface area contributed by atoms with Crippen LogP contribution in [-0.4, -0.2) is 26.9 Å². The molecule has 0 bridgehead atoms. The maximum atomic E-state index is 13.9. The Kier molecular flexibility index (Phi) is 6.89. The molecule has 1 fully saturated rings. The highest BCUT2D eigenvalue weighted by atomic mass is 32.1. The van der Waals surface area contributed by atoms with Gasteiger partial charge in [0.05, 0.1) is 17.6 Å². The van der Waals surface area contributed by atoms with Crippen LogP contribution in [0.4, 0.5) is 16.0 Å².